The smallest absolute Gasteiger partial charge is 0.227 e. The van der Waals surface area contributed by atoms with Gasteiger partial charge >= 0.3 is 0 Å². The number of hydrogen-bond acceptors (Lipinski definition) is 2. The van der Waals surface area contributed by atoms with Gasteiger partial charge in [-0.2, -0.15) is 5.26 Å². The van der Waals surface area contributed by atoms with Gasteiger partial charge in [-0.25, -0.2) is 0 Å². The molecule has 0 radical (unpaired) electrons. The number of amides is 1. The van der Waals surface area contributed by atoms with Crippen LogP contribution in [0.2, 0.25) is 0 Å². The van der Waals surface area contributed by atoms with E-state index in [1.165, 1.54) is 5.56 Å². The summed E-state index contributed by atoms with van der Waals surface area (Å²) in [6.45, 7) is 0.452. The van der Waals surface area contributed by atoms with Gasteiger partial charge in [0.2, 0.25) is 5.91 Å². The van der Waals surface area contributed by atoms with Gasteiger partial charge in [0.05, 0.1) is 18.4 Å². The molecule has 3 heteroatoms. The third-order valence-corrected chi connectivity index (χ3v) is 3.22. The number of aryl methyl sites for hydroxylation is 1. The number of hydrogen-bond donors (Lipinski definition) is 1. The molecule has 17 heavy (non-hydrogen) atoms. The van der Waals surface area contributed by atoms with Gasteiger partial charge in [-0.3, -0.25) is 4.79 Å². The first kappa shape index (κ1) is 11.7. The van der Waals surface area contributed by atoms with Gasteiger partial charge in [-0.05, 0) is 30.4 Å². The van der Waals surface area contributed by atoms with Crippen molar-refractivity contribution in [1.29, 1.82) is 5.26 Å². The molecule has 1 unspecified atom stereocenters. The summed E-state index contributed by atoms with van der Waals surface area (Å²) in [5.74, 6) is 0.0334. The van der Waals surface area contributed by atoms with Crippen LogP contribution in [0.15, 0.2) is 24.3 Å². The summed E-state index contributed by atoms with van der Waals surface area (Å²) in [5, 5.41) is 11.3. The predicted molar refractivity (Wildman–Crippen MR) is 65.4 cm³/mol. The Bertz CT molecular complexity index is 448. The van der Waals surface area contributed by atoms with Gasteiger partial charge in [-0.1, -0.05) is 24.3 Å². The Kier molecular flexibility index (Phi) is 3.77. The lowest BCUT2D eigenvalue weighted by Gasteiger charge is -2.24. The summed E-state index contributed by atoms with van der Waals surface area (Å²) in [4.78, 5) is 12.0. The molecule has 1 amide bonds. The minimum Gasteiger partial charge on any atom is -0.355 e. The van der Waals surface area contributed by atoms with E-state index < -0.39 is 0 Å². The zero-order valence-electron chi connectivity index (χ0n) is 9.78. The molecule has 1 aromatic rings. The van der Waals surface area contributed by atoms with Crippen LogP contribution < -0.4 is 5.32 Å². The zero-order valence-corrected chi connectivity index (χ0v) is 9.78. The van der Waals surface area contributed by atoms with Crippen LogP contribution in [0.3, 0.4) is 0 Å². The number of fused-ring (bicyclic) bond motifs is 1. The molecule has 0 aliphatic heterocycles. The van der Waals surface area contributed by atoms with E-state index in [4.69, 9.17) is 5.26 Å². The lowest BCUT2D eigenvalue weighted by atomic mass is 9.82. The molecule has 2 rings (SSSR count). The maximum absolute atomic E-state index is 12.0. The predicted octanol–water partition coefficient (Wildman–Crippen LogP) is 2.14. The van der Waals surface area contributed by atoms with Crippen molar-refractivity contribution in [1.82, 2.24) is 5.32 Å². The molecule has 1 N–H and O–H groups in total. The fourth-order valence-corrected chi connectivity index (χ4v) is 2.39. The maximum atomic E-state index is 12.0. The molecule has 3 nitrogen and oxygen atoms in total. The van der Waals surface area contributed by atoms with Crippen LogP contribution in [0, 0.1) is 11.3 Å². The Morgan fingerprint density at radius 2 is 2.29 bits per heavy atom. The Labute approximate surface area is 101 Å². The molecule has 1 atom stereocenters. The Morgan fingerprint density at radius 1 is 1.47 bits per heavy atom. The van der Waals surface area contributed by atoms with Gasteiger partial charge in [0, 0.05) is 6.54 Å². The highest BCUT2D eigenvalue weighted by Crippen LogP contribution is 2.31. The molecule has 88 valence electrons. The molecule has 1 aliphatic rings. The van der Waals surface area contributed by atoms with Crippen molar-refractivity contribution in [2.45, 2.75) is 31.6 Å². The highest BCUT2D eigenvalue weighted by atomic mass is 16.1. The Hall–Kier alpha value is -1.82. The molecule has 0 fully saturated rings. The van der Waals surface area contributed by atoms with Gasteiger partial charge in [0.15, 0.2) is 0 Å². The molecule has 1 aromatic carbocycles. The van der Waals surface area contributed by atoms with Gasteiger partial charge in [-0.15, -0.1) is 0 Å². The fourth-order valence-electron chi connectivity index (χ4n) is 2.39. The molecular formula is C14H16N2O. The van der Waals surface area contributed by atoms with E-state index in [9.17, 15) is 4.79 Å². The maximum Gasteiger partial charge on any atom is 0.227 e. The van der Waals surface area contributed by atoms with E-state index in [2.05, 4.69) is 11.4 Å². The monoisotopic (exact) mass is 228 g/mol. The van der Waals surface area contributed by atoms with Crippen LogP contribution >= 0.6 is 0 Å². The van der Waals surface area contributed by atoms with Crippen molar-refractivity contribution in [2.75, 3.05) is 6.54 Å². The number of carbonyl (C=O) groups is 1. The van der Waals surface area contributed by atoms with Crippen LogP contribution in [-0.4, -0.2) is 12.5 Å². The number of benzene rings is 1. The van der Waals surface area contributed by atoms with E-state index in [1.807, 2.05) is 24.3 Å². The SMILES string of the molecule is N#CCCNC(=O)C1CCCc2ccccc21. The number of nitrogens with zero attached hydrogens (tertiary/aromatic N) is 1. The summed E-state index contributed by atoms with van der Waals surface area (Å²) >= 11 is 0. The molecule has 0 aromatic heterocycles. The van der Waals surface area contributed by atoms with E-state index in [1.54, 1.807) is 0 Å². The summed E-state index contributed by atoms with van der Waals surface area (Å²) < 4.78 is 0. The average Bonchev–Trinajstić information content (AvgIpc) is 2.38. The van der Waals surface area contributed by atoms with Crippen molar-refractivity contribution < 1.29 is 4.79 Å². The summed E-state index contributed by atoms with van der Waals surface area (Å²) in [6, 6.07) is 10.2. The van der Waals surface area contributed by atoms with Crippen molar-refractivity contribution in [3.05, 3.63) is 35.4 Å². The van der Waals surface area contributed by atoms with Crippen molar-refractivity contribution in [3.63, 3.8) is 0 Å². The van der Waals surface area contributed by atoms with Crippen LogP contribution in [0.25, 0.3) is 0 Å². The molecule has 0 bridgehead atoms. The molecular weight excluding hydrogens is 212 g/mol. The second kappa shape index (κ2) is 5.49. The van der Waals surface area contributed by atoms with Crippen LogP contribution in [0.5, 0.6) is 0 Å². The van der Waals surface area contributed by atoms with Crippen LogP contribution in [0.1, 0.15) is 36.3 Å². The third-order valence-electron chi connectivity index (χ3n) is 3.22. The molecule has 0 saturated carbocycles. The molecule has 0 heterocycles. The Balaban J connectivity index is 2.08. The van der Waals surface area contributed by atoms with E-state index in [-0.39, 0.29) is 11.8 Å². The summed E-state index contributed by atoms with van der Waals surface area (Å²) in [6.07, 6.45) is 3.42. The van der Waals surface area contributed by atoms with Crippen LogP contribution in [0.4, 0.5) is 0 Å². The summed E-state index contributed by atoms with van der Waals surface area (Å²) in [5.41, 5.74) is 2.45. The van der Waals surface area contributed by atoms with Crippen LogP contribution in [-0.2, 0) is 11.2 Å². The topological polar surface area (TPSA) is 52.9 Å². The van der Waals surface area contributed by atoms with Gasteiger partial charge in [0.25, 0.3) is 0 Å². The molecule has 1 aliphatic carbocycles. The fraction of sp³-hybridized carbons (Fsp3) is 0.429. The zero-order chi connectivity index (χ0) is 12.1. The second-order valence-electron chi connectivity index (χ2n) is 4.34. The highest BCUT2D eigenvalue weighted by molar-refractivity contribution is 5.84. The minimum absolute atomic E-state index is 0.0290. The van der Waals surface area contributed by atoms with Crippen molar-refractivity contribution in [3.8, 4) is 6.07 Å². The number of nitriles is 1. The Morgan fingerprint density at radius 3 is 3.12 bits per heavy atom. The van der Waals surface area contributed by atoms with Crippen molar-refractivity contribution in [2.24, 2.45) is 0 Å². The quantitative estimate of drug-likeness (QED) is 0.806. The second-order valence-corrected chi connectivity index (χ2v) is 4.34. The van der Waals surface area contributed by atoms with E-state index in [0.29, 0.717) is 13.0 Å². The van der Waals surface area contributed by atoms with Gasteiger partial charge < -0.3 is 5.32 Å². The number of carbonyl (C=O) groups excluding carboxylic acids is 1. The van der Waals surface area contributed by atoms with Gasteiger partial charge in [0.1, 0.15) is 0 Å². The molecule has 0 saturated heterocycles. The number of nitrogens with one attached hydrogen (secondary N) is 1. The lowest BCUT2D eigenvalue weighted by molar-refractivity contribution is -0.122. The van der Waals surface area contributed by atoms with Crippen molar-refractivity contribution >= 4 is 5.91 Å². The normalized spacial score (nSPS) is 17.9. The first-order chi connectivity index (χ1) is 8.33. The highest BCUT2D eigenvalue weighted by Gasteiger charge is 2.25. The standard InChI is InChI=1S/C14H16N2O/c15-9-4-10-16-14(17)13-8-3-6-11-5-1-2-7-12(11)13/h1-2,5,7,13H,3-4,6,8,10H2,(H,16,17). The van der Waals surface area contributed by atoms with E-state index >= 15 is 0 Å². The first-order valence-electron chi connectivity index (χ1n) is 6.05. The first-order valence-corrected chi connectivity index (χ1v) is 6.05. The summed E-state index contributed by atoms with van der Waals surface area (Å²) in [7, 11) is 0. The number of rotatable bonds is 3. The minimum atomic E-state index is -0.0290. The van der Waals surface area contributed by atoms with E-state index in [0.717, 1.165) is 24.8 Å². The average molecular weight is 228 g/mol. The lowest BCUT2D eigenvalue weighted by Crippen LogP contribution is -2.31. The third kappa shape index (κ3) is 2.65. The molecule has 0 spiro atoms. The largest absolute Gasteiger partial charge is 0.355 e.